The molecule has 0 bridgehead atoms. The van der Waals surface area contributed by atoms with E-state index in [4.69, 9.17) is 16.3 Å². The summed E-state index contributed by atoms with van der Waals surface area (Å²) >= 11 is 6.11. The minimum Gasteiger partial charge on any atom is -0.465 e. The summed E-state index contributed by atoms with van der Waals surface area (Å²) in [4.78, 5) is 11.6. The first kappa shape index (κ1) is 15.4. The Morgan fingerprint density at radius 1 is 1.25 bits per heavy atom. The lowest BCUT2D eigenvalue weighted by Crippen LogP contribution is -2.11. The standard InChI is InChI=1S/C17H23ClO2/c1-2-20-17(19)16(18)15-10-8-14(9-11-15)12-13-6-4-3-5-7-13/h8-11,13,16H,2-7,12H2,1H3. The summed E-state index contributed by atoms with van der Waals surface area (Å²) in [5.74, 6) is 0.459. The van der Waals surface area contributed by atoms with Gasteiger partial charge in [-0.2, -0.15) is 0 Å². The van der Waals surface area contributed by atoms with Gasteiger partial charge in [-0.1, -0.05) is 56.4 Å². The van der Waals surface area contributed by atoms with Crippen LogP contribution in [0.15, 0.2) is 24.3 Å². The van der Waals surface area contributed by atoms with E-state index in [-0.39, 0.29) is 5.97 Å². The molecule has 1 aromatic carbocycles. The van der Waals surface area contributed by atoms with Gasteiger partial charge in [0.15, 0.2) is 5.38 Å². The van der Waals surface area contributed by atoms with Crippen LogP contribution < -0.4 is 0 Å². The lowest BCUT2D eigenvalue weighted by atomic mass is 9.85. The van der Waals surface area contributed by atoms with Gasteiger partial charge in [0.1, 0.15) is 0 Å². The van der Waals surface area contributed by atoms with E-state index < -0.39 is 5.38 Å². The van der Waals surface area contributed by atoms with E-state index in [2.05, 4.69) is 12.1 Å². The van der Waals surface area contributed by atoms with Gasteiger partial charge in [-0.3, -0.25) is 4.79 Å². The highest BCUT2D eigenvalue weighted by Gasteiger charge is 2.19. The number of hydrogen-bond donors (Lipinski definition) is 0. The van der Waals surface area contributed by atoms with Crippen molar-refractivity contribution in [2.45, 2.75) is 50.8 Å². The summed E-state index contributed by atoms with van der Waals surface area (Å²) in [6, 6.07) is 8.09. The fraction of sp³-hybridized carbons (Fsp3) is 0.588. The molecule has 0 aromatic heterocycles. The summed E-state index contributed by atoms with van der Waals surface area (Å²) in [5, 5.41) is -0.696. The van der Waals surface area contributed by atoms with Crippen LogP contribution in [0.3, 0.4) is 0 Å². The van der Waals surface area contributed by atoms with Gasteiger partial charge in [0.2, 0.25) is 0 Å². The number of carbonyl (C=O) groups is 1. The van der Waals surface area contributed by atoms with E-state index in [1.807, 2.05) is 12.1 Å². The maximum absolute atomic E-state index is 11.6. The van der Waals surface area contributed by atoms with Gasteiger partial charge in [-0.05, 0) is 30.4 Å². The van der Waals surface area contributed by atoms with Crippen LogP contribution in [0.1, 0.15) is 55.5 Å². The molecule has 2 rings (SSSR count). The first-order chi connectivity index (χ1) is 9.70. The van der Waals surface area contributed by atoms with Crippen molar-refractivity contribution in [3.63, 3.8) is 0 Å². The van der Waals surface area contributed by atoms with E-state index in [1.165, 1.54) is 37.7 Å². The van der Waals surface area contributed by atoms with Crippen LogP contribution in [0, 0.1) is 5.92 Å². The quantitative estimate of drug-likeness (QED) is 0.583. The van der Waals surface area contributed by atoms with Gasteiger partial charge in [0.05, 0.1) is 6.61 Å². The molecule has 0 N–H and O–H groups in total. The molecule has 2 nitrogen and oxygen atoms in total. The number of halogens is 1. The summed E-state index contributed by atoms with van der Waals surface area (Å²) in [6.45, 7) is 2.15. The van der Waals surface area contributed by atoms with Crippen molar-refractivity contribution in [3.8, 4) is 0 Å². The number of rotatable bonds is 5. The third-order valence-electron chi connectivity index (χ3n) is 4.02. The highest BCUT2D eigenvalue weighted by atomic mass is 35.5. The van der Waals surface area contributed by atoms with Crippen LogP contribution in [-0.2, 0) is 16.0 Å². The Bertz CT molecular complexity index is 421. The van der Waals surface area contributed by atoms with E-state index in [0.717, 1.165) is 17.9 Å². The van der Waals surface area contributed by atoms with Crippen molar-refractivity contribution in [2.24, 2.45) is 5.92 Å². The second-order valence-corrected chi connectivity index (χ2v) is 6.00. The number of carbonyl (C=O) groups excluding carboxylic acids is 1. The minimum absolute atomic E-state index is 0.363. The van der Waals surface area contributed by atoms with Gasteiger partial charge >= 0.3 is 5.97 Å². The summed E-state index contributed by atoms with van der Waals surface area (Å²) < 4.78 is 4.94. The summed E-state index contributed by atoms with van der Waals surface area (Å²) in [5.41, 5.74) is 2.16. The second-order valence-electron chi connectivity index (χ2n) is 5.56. The molecule has 1 fully saturated rings. The molecule has 3 heteroatoms. The smallest absolute Gasteiger partial charge is 0.328 e. The molecular weight excluding hydrogens is 272 g/mol. The molecular formula is C17H23ClO2. The van der Waals surface area contributed by atoms with Crippen LogP contribution >= 0.6 is 11.6 Å². The van der Waals surface area contributed by atoms with Gasteiger partial charge in [0, 0.05) is 0 Å². The molecule has 0 saturated heterocycles. The predicted octanol–water partition coefficient (Wildman–Crippen LogP) is 4.65. The van der Waals surface area contributed by atoms with E-state index in [9.17, 15) is 4.79 Å². The van der Waals surface area contributed by atoms with Gasteiger partial charge < -0.3 is 4.74 Å². The summed E-state index contributed by atoms with van der Waals surface area (Å²) in [7, 11) is 0. The zero-order valence-corrected chi connectivity index (χ0v) is 12.9. The number of benzene rings is 1. The Balaban J connectivity index is 1.93. The lowest BCUT2D eigenvalue weighted by Gasteiger charge is -2.21. The van der Waals surface area contributed by atoms with Crippen molar-refractivity contribution in [3.05, 3.63) is 35.4 Å². The fourth-order valence-electron chi connectivity index (χ4n) is 2.90. The van der Waals surface area contributed by atoms with E-state index in [1.54, 1.807) is 6.92 Å². The maximum Gasteiger partial charge on any atom is 0.328 e. The van der Waals surface area contributed by atoms with Crippen LogP contribution in [0.4, 0.5) is 0 Å². The van der Waals surface area contributed by atoms with Crippen molar-refractivity contribution in [1.82, 2.24) is 0 Å². The zero-order chi connectivity index (χ0) is 14.4. The number of esters is 1. The average Bonchev–Trinajstić information content (AvgIpc) is 2.48. The van der Waals surface area contributed by atoms with Gasteiger partial charge in [-0.15, -0.1) is 11.6 Å². The molecule has 0 aliphatic heterocycles. The Morgan fingerprint density at radius 2 is 1.90 bits per heavy atom. The normalized spacial score (nSPS) is 17.7. The predicted molar refractivity (Wildman–Crippen MR) is 81.9 cm³/mol. The molecule has 1 atom stereocenters. The fourth-order valence-corrected chi connectivity index (χ4v) is 3.11. The van der Waals surface area contributed by atoms with E-state index >= 15 is 0 Å². The summed E-state index contributed by atoms with van der Waals surface area (Å²) in [6.07, 6.45) is 7.98. The van der Waals surface area contributed by atoms with Gasteiger partial charge in [0.25, 0.3) is 0 Å². The molecule has 20 heavy (non-hydrogen) atoms. The van der Waals surface area contributed by atoms with Crippen LogP contribution in [0.2, 0.25) is 0 Å². The molecule has 1 unspecified atom stereocenters. The van der Waals surface area contributed by atoms with Crippen molar-refractivity contribution in [1.29, 1.82) is 0 Å². The maximum atomic E-state index is 11.6. The lowest BCUT2D eigenvalue weighted by molar-refractivity contribution is -0.142. The Labute approximate surface area is 126 Å². The van der Waals surface area contributed by atoms with Crippen LogP contribution in [-0.4, -0.2) is 12.6 Å². The molecule has 1 saturated carbocycles. The van der Waals surface area contributed by atoms with Crippen molar-refractivity contribution in [2.75, 3.05) is 6.61 Å². The van der Waals surface area contributed by atoms with Gasteiger partial charge in [-0.25, -0.2) is 0 Å². The monoisotopic (exact) mass is 294 g/mol. The zero-order valence-electron chi connectivity index (χ0n) is 12.1. The first-order valence-electron chi connectivity index (χ1n) is 7.60. The molecule has 1 aliphatic carbocycles. The molecule has 1 aliphatic rings. The topological polar surface area (TPSA) is 26.3 Å². The molecule has 0 radical (unpaired) electrons. The van der Waals surface area contributed by atoms with Crippen LogP contribution in [0.25, 0.3) is 0 Å². The Hall–Kier alpha value is -1.02. The van der Waals surface area contributed by atoms with Crippen molar-refractivity contribution < 1.29 is 9.53 Å². The van der Waals surface area contributed by atoms with Crippen molar-refractivity contribution >= 4 is 17.6 Å². The SMILES string of the molecule is CCOC(=O)C(Cl)c1ccc(CC2CCCCC2)cc1. The molecule has 0 heterocycles. The molecule has 0 spiro atoms. The second kappa shape index (κ2) is 7.68. The van der Waals surface area contributed by atoms with Crippen LogP contribution in [0.5, 0.6) is 0 Å². The highest BCUT2D eigenvalue weighted by molar-refractivity contribution is 6.29. The average molecular weight is 295 g/mol. The highest BCUT2D eigenvalue weighted by Crippen LogP contribution is 2.28. The third-order valence-corrected chi connectivity index (χ3v) is 4.45. The number of hydrogen-bond acceptors (Lipinski definition) is 2. The molecule has 110 valence electrons. The third kappa shape index (κ3) is 4.24. The number of ether oxygens (including phenoxy) is 1. The first-order valence-corrected chi connectivity index (χ1v) is 8.04. The largest absolute Gasteiger partial charge is 0.465 e. The van der Waals surface area contributed by atoms with E-state index in [0.29, 0.717) is 6.61 Å². The minimum atomic E-state index is -0.696. The Kier molecular flexibility index (Phi) is 5.90. The molecule has 1 aromatic rings. The molecule has 0 amide bonds. The Morgan fingerprint density at radius 3 is 2.50 bits per heavy atom. The number of alkyl halides is 1.